The van der Waals surface area contributed by atoms with Gasteiger partial charge in [0.15, 0.2) is 0 Å². The van der Waals surface area contributed by atoms with Crippen molar-refractivity contribution in [3.8, 4) is 0 Å². The van der Waals surface area contributed by atoms with Crippen LogP contribution in [0.25, 0.3) is 0 Å². The number of methoxy groups -OCH3 is 1. The van der Waals surface area contributed by atoms with Gasteiger partial charge in [-0.05, 0) is 30.1 Å². The summed E-state index contributed by atoms with van der Waals surface area (Å²) in [7, 11) is 1.67. The van der Waals surface area contributed by atoms with Crippen molar-refractivity contribution in [1.82, 2.24) is 10.1 Å². The van der Waals surface area contributed by atoms with Crippen LogP contribution in [0.2, 0.25) is 5.28 Å². The lowest BCUT2D eigenvalue weighted by atomic mass is 10.2. The van der Waals surface area contributed by atoms with Gasteiger partial charge in [-0.25, -0.2) is 0 Å². The minimum absolute atomic E-state index is 0.162. The van der Waals surface area contributed by atoms with E-state index in [-0.39, 0.29) is 11.4 Å². The quantitative estimate of drug-likeness (QED) is 0.725. The van der Waals surface area contributed by atoms with Crippen LogP contribution in [0.1, 0.15) is 19.2 Å². The van der Waals surface area contributed by atoms with Crippen molar-refractivity contribution in [2.24, 2.45) is 0 Å². The monoisotopic (exact) mass is 190 g/mol. The van der Waals surface area contributed by atoms with Crippen molar-refractivity contribution in [2.75, 3.05) is 7.11 Å². The molecule has 0 aliphatic carbocycles. The summed E-state index contributed by atoms with van der Waals surface area (Å²) in [5.74, 6) is 0.559. The highest BCUT2D eigenvalue weighted by molar-refractivity contribution is 6.28. The number of aryl methyl sites for hydroxylation is 1. The molecule has 1 rings (SSSR count). The van der Waals surface area contributed by atoms with Crippen molar-refractivity contribution in [3.63, 3.8) is 0 Å². The van der Waals surface area contributed by atoms with Crippen LogP contribution >= 0.6 is 11.6 Å². The van der Waals surface area contributed by atoms with E-state index in [1.54, 1.807) is 7.11 Å². The van der Waals surface area contributed by atoms with E-state index in [9.17, 15) is 0 Å². The van der Waals surface area contributed by atoms with Crippen LogP contribution in [0.4, 0.5) is 0 Å². The number of rotatable bonds is 4. The first-order valence-electron chi connectivity index (χ1n) is 3.73. The normalized spacial score (nSPS) is 13.2. The van der Waals surface area contributed by atoms with Crippen LogP contribution in [0.15, 0.2) is 4.52 Å². The van der Waals surface area contributed by atoms with E-state index < -0.39 is 0 Å². The summed E-state index contributed by atoms with van der Waals surface area (Å²) in [6.45, 7) is 1.98. The Hall–Kier alpha value is -0.610. The maximum atomic E-state index is 5.46. The Labute approximate surface area is 75.9 Å². The molecular weight excluding hydrogens is 180 g/mol. The third-order valence-corrected chi connectivity index (χ3v) is 1.76. The largest absolute Gasteiger partial charge is 0.382 e. The molecule has 0 aromatic carbocycles. The predicted octanol–water partition coefficient (Wildman–Crippen LogP) is 1.69. The summed E-state index contributed by atoms with van der Waals surface area (Å²) < 4.78 is 9.87. The second kappa shape index (κ2) is 4.42. The molecule has 1 unspecified atom stereocenters. The second-order valence-electron chi connectivity index (χ2n) is 2.54. The third-order valence-electron chi connectivity index (χ3n) is 1.61. The maximum absolute atomic E-state index is 5.46. The van der Waals surface area contributed by atoms with Gasteiger partial charge in [0.1, 0.15) is 0 Å². The zero-order valence-electron chi connectivity index (χ0n) is 7.08. The Morgan fingerprint density at radius 2 is 2.42 bits per heavy atom. The summed E-state index contributed by atoms with van der Waals surface area (Å²) >= 11 is 5.46. The Bertz CT molecular complexity index is 239. The fraction of sp³-hybridized carbons (Fsp3) is 0.714. The van der Waals surface area contributed by atoms with Crippen molar-refractivity contribution < 1.29 is 9.26 Å². The lowest BCUT2D eigenvalue weighted by Gasteiger charge is -2.05. The molecule has 1 heterocycles. The number of halogens is 1. The smallest absolute Gasteiger partial charge is 0.263 e. The molecule has 0 fully saturated rings. The lowest BCUT2D eigenvalue weighted by molar-refractivity contribution is 0.109. The standard InChI is InChI=1S/C7H11ClN2O2/c1-5(11-2)3-4-6-9-7(8)10-12-6/h5H,3-4H2,1-2H3. The summed E-state index contributed by atoms with van der Waals surface area (Å²) in [6.07, 6.45) is 1.76. The highest BCUT2D eigenvalue weighted by Crippen LogP contribution is 2.07. The molecule has 1 aromatic rings. The topological polar surface area (TPSA) is 48.2 Å². The minimum atomic E-state index is 0.162. The molecule has 0 aliphatic rings. The van der Waals surface area contributed by atoms with Gasteiger partial charge in [-0.3, -0.25) is 0 Å². The molecule has 0 aliphatic heterocycles. The van der Waals surface area contributed by atoms with Gasteiger partial charge in [0.2, 0.25) is 5.89 Å². The average molecular weight is 191 g/mol. The summed E-state index contributed by atoms with van der Waals surface area (Å²) in [6, 6.07) is 0. The maximum Gasteiger partial charge on any atom is 0.263 e. The number of ether oxygens (including phenoxy) is 1. The molecular formula is C7H11ClN2O2. The van der Waals surface area contributed by atoms with E-state index in [1.807, 2.05) is 6.92 Å². The van der Waals surface area contributed by atoms with Gasteiger partial charge >= 0.3 is 0 Å². The predicted molar refractivity (Wildman–Crippen MR) is 44.1 cm³/mol. The molecule has 12 heavy (non-hydrogen) atoms. The highest BCUT2D eigenvalue weighted by atomic mass is 35.5. The Morgan fingerprint density at radius 3 is 2.92 bits per heavy atom. The molecule has 1 aromatic heterocycles. The van der Waals surface area contributed by atoms with Crippen LogP contribution in [0.3, 0.4) is 0 Å². The van der Waals surface area contributed by atoms with Crippen LogP contribution in [0, 0.1) is 0 Å². The van der Waals surface area contributed by atoms with E-state index in [1.165, 1.54) is 0 Å². The first-order chi connectivity index (χ1) is 5.72. The SMILES string of the molecule is COC(C)CCc1nc(Cl)no1. The Kier molecular flexibility index (Phi) is 3.49. The Morgan fingerprint density at radius 1 is 1.67 bits per heavy atom. The van der Waals surface area contributed by atoms with Gasteiger partial charge in [-0.2, -0.15) is 4.98 Å². The van der Waals surface area contributed by atoms with Crippen molar-refractivity contribution in [3.05, 3.63) is 11.2 Å². The van der Waals surface area contributed by atoms with Crippen molar-refractivity contribution >= 4 is 11.6 Å². The van der Waals surface area contributed by atoms with Crippen LogP contribution in [0.5, 0.6) is 0 Å². The molecule has 5 heteroatoms. The zero-order chi connectivity index (χ0) is 8.97. The number of hydrogen-bond acceptors (Lipinski definition) is 4. The van der Waals surface area contributed by atoms with Crippen molar-refractivity contribution in [2.45, 2.75) is 25.9 Å². The van der Waals surface area contributed by atoms with E-state index in [2.05, 4.69) is 10.1 Å². The lowest BCUT2D eigenvalue weighted by Crippen LogP contribution is -2.05. The number of aromatic nitrogens is 2. The fourth-order valence-corrected chi connectivity index (χ4v) is 0.909. The van der Waals surface area contributed by atoms with Gasteiger partial charge < -0.3 is 9.26 Å². The highest BCUT2D eigenvalue weighted by Gasteiger charge is 2.06. The molecule has 0 spiro atoms. The first kappa shape index (κ1) is 9.48. The minimum Gasteiger partial charge on any atom is -0.382 e. The number of hydrogen-bond donors (Lipinski definition) is 0. The van der Waals surface area contributed by atoms with Gasteiger partial charge in [-0.1, -0.05) is 0 Å². The van der Waals surface area contributed by atoms with E-state index in [0.717, 1.165) is 6.42 Å². The van der Waals surface area contributed by atoms with E-state index in [0.29, 0.717) is 12.3 Å². The van der Waals surface area contributed by atoms with Crippen LogP contribution in [-0.4, -0.2) is 23.4 Å². The third kappa shape index (κ3) is 2.79. The first-order valence-corrected chi connectivity index (χ1v) is 4.11. The zero-order valence-corrected chi connectivity index (χ0v) is 7.84. The fourth-order valence-electron chi connectivity index (χ4n) is 0.780. The molecule has 1 atom stereocenters. The van der Waals surface area contributed by atoms with E-state index >= 15 is 0 Å². The van der Waals surface area contributed by atoms with E-state index in [4.69, 9.17) is 20.9 Å². The summed E-state index contributed by atoms with van der Waals surface area (Å²) in [5, 5.41) is 3.62. The van der Waals surface area contributed by atoms with Gasteiger partial charge in [-0.15, -0.1) is 0 Å². The molecule has 0 radical (unpaired) electrons. The van der Waals surface area contributed by atoms with Gasteiger partial charge in [0, 0.05) is 13.5 Å². The van der Waals surface area contributed by atoms with Crippen LogP contribution in [-0.2, 0) is 11.2 Å². The summed E-state index contributed by atoms with van der Waals surface area (Å²) in [5.41, 5.74) is 0. The number of nitrogens with zero attached hydrogens (tertiary/aromatic N) is 2. The molecule has 0 bridgehead atoms. The molecule has 0 saturated heterocycles. The van der Waals surface area contributed by atoms with Gasteiger partial charge in [0.05, 0.1) is 6.10 Å². The molecule has 68 valence electrons. The average Bonchev–Trinajstić information content (AvgIpc) is 2.47. The van der Waals surface area contributed by atoms with Gasteiger partial charge in [0.25, 0.3) is 5.28 Å². The molecule has 0 N–H and O–H groups in total. The molecule has 4 nitrogen and oxygen atoms in total. The second-order valence-corrected chi connectivity index (χ2v) is 2.88. The summed E-state index contributed by atoms with van der Waals surface area (Å²) in [4.78, 5) is 3.85. The molecule has 0 amide bonds. The van der Waals surface area contributed by atoms with Crippen molar-refractivity contribution in [1.29, 1.82) is 0 Å². The molecule has 0 saturated carbocycles. The Balaban J connectivity index is 2.33. The van der Waals surface area contributed by atoms with Crippen LogP contribution < -0.4 is 0 Å².